The van der Waals surface area contributed by atoms with Gasteiger partial charge in [-0.1, -0.05) is 13.3 Å². The molecule has 0 radical (unpaired) electrons. The van der Waals surface area contributed by atoms with Gasteiger partial charge in [-0.15, -0.1) is 0 Å². The van der Waals surface area contributed by atoms with Crippen molar-refractivity contribution < 1.29 is 14.8 Å². The van der Waals surface area contributed by atoms with Gasteiger partial charge in [0.1, 0.15) is 12.4 Å². The number of rotatable bonds is 7. The van der Waals surface area contributed by atoms with Crippen LogP contribution in [0.3, 0.4) is 0 Å². The van der Waals surface area contributed by atoms with Crippen LogP contribution in [-0.2, 0) is 6.54 Å². The van der Waals surface area contributed by atoms with Crippen molar-refractivity contribution in [3.63, 3.8) is 0 Å². The van der Waals surface area contributed by atoms with Crippen LogP contribution in [0.1, 0.15) is 19.8 Å². The molecule has 0 saturated heterocycles. The number of unbranched alkanes of at least 4 members (excludes halogenated alkanes) is 1. The minimum Gasteiger partial charge on any atom is -0.465 e. The molecule has 0 spiro atoms. The van der Waals surface area contributed by atoms with E-state index in [9.17, 15) is 14.9 Å². The second-order valence-electron chi connectivity index (χ2n) is 3.84. The normalized spacial score (nSPS) is 10.3. The zero-order valence-corrected chi connectivity index (χ0v) is 10.2. The molecule has 0 aliphatic carbocycles. The summed E-state index contributed by atoms with van der Waals surface area (Å²) in [4.78, 5) is 22.1. The number of hydrogen-bond donors (Lipinski definition) is 1. The summed E-state index contributed by atoms with van der Waals surface area (Å²) in [7, 11) is 0. The molecule has 0 aliphatic heterocycles. The third-order valence-corrected chi connectivity index (χ3v) is 2.48. The fourth-order valence-electron chi connectivity index (χ4n) is 1.44. The molecule has 1 heterocycles. The topological polar surface area (TPSA) is 102 Å². The van der Waals surface area contributed by atoms with E-state index < -0.39 is 11.0 Å². The molecule has 0 aliphatic rings. The molecule has 0 bridgehead atoms. The molecule has 0 unspecified atom stereocenters. The number of carbonyl (C=O) groups is 1. The van der Waals surface area contributed by atoms with E-state index in [-0.39, 0.29) is 12.2 Å². The van der Waals surface area contributed by atoms with E-state index in [2.05, 4.69) is 5.10 Å². The molecule has 8 heteroatoms. The van der Waals surface area contributed by atoms with Crippen LogP contribution in [0.4, 0.5) is 10.5 Å². The Morgan fingerprint density at radius 1 is 1.61 bits per heavy atom. The summed E-state index contributed by atoms with van der Waals surface area (Å²) in [5.41, 5.74) is -0.0922. The molecule has 1 N–H and O–H groups in total. The van der Waals surface area contributed by atoms with Crippen molar-refractivity contribution in [2.75, 3.05) is 13.1 Å². The van der Waals surface area contributed by atoms with E-state index in [1.807, 2.05) is 6.92 Å². The summed E-state index contributed by atoms with van der Waals surface area (Å²) >= 11 is 0. The van der Waals surface area contributed by atoms with Gasteiger partial charge in [-0.2, -0.15) is 5.10 Å². The summed E-state index contributed by atoms with van der Waals surface area (Å²) in [6.45, 7) is 3.03. The average molecular weight is 256 g/mol. The molecule has 0 atom stereocenters. The highest BCUT2D eigenvalue weighted by Crippen LogP contribution is 2.07. The fraction of sp³-hybridized carbons (Fsp3) is 0.600. The third-order valence-electron chi connectivity index (χ3n) is 2.48. The van der Waals surface area contributed by atoms with Crippen molar-refractivity contribution in [1.82, 2.24) is 14.7 Å². The van der Waals surface area contributed by atoms with E-state index in [0.717, 1.165) is 19.0 Å². The van der Waals surface area contributed by atoms with Crippen molar-refractivity contribution in [3.8, 4) is 0 Å². The molecule has 0 saturated carbocycles. The SMILES string of the molecule is CCCCN(CCn1cc([N+](=O)[O-])cn1)C(=O)O. The Bertz CT molecular complexity index is 418. The Labute approximate surface area is 104 Å². The smallest absolute Gasteiger partial charge is 0.407 e. The Morgan fingerprint density at radius 3 is 2.83 bits per heavy atom. The van der Waals surface area contributed by atoms with Crippen LogP contribution in [0.15, 0.2) is 12.4 Å². The van der Waals surface area contributed by atoms with Gasteiger partial charge in [0.05, 0.1) is 11.5 Å². The van der Waals surface area contributed by atoms with E-state index in [0.29, 0.717) is 13.1 Å². The molecule has 18 heavy (non-hydrogen) atoms. The summed E-state index contributed by atoms with van der Waals surface area (Å²) in [5.74, 6) is 0. The average Bonchev–Trinajstić information content (AvgIpc) is 2.77. The molecule has 1 aromatic heterocycles. The maximum absolute atomic E-state index is 10.9. The van der Waals surface area contributed by atoms with Crippen molar-refractivity contribution in [1.29, 1.82) is 0 Å². The van der Waals surface area contributed by atoms with E-state index in [4.69, 9.17) is 5.11 Å². The van der Waals surface area contributed by atoms with Gasteiger partial charge in [0.2, 0.25) is 0 Å². The van der Waals surface area contributed by atoms with Gasteiger partial charge in [0, 0.05) is 13.1 Å². The second kappa shape index (κ2) is 6.58. The first-order chi connectivity index (χ1) is 8.54. The lowest BCUT2D eigenvalue weighted by molar-refractivity contribution is -0.385. The van der Waals surface area contributed by atoms with Gasteiger partial charge < -0.3 is 10.0 Å². The maximum atomic E-state index is 10.9. The van der Waals surface area contributed by atoms with Crippen LogP contribution in [0.25, 0.3) is 0 Å². The highest BCUT2D eigenvalue weighted by molar-refractivity contribution is 5.64. The zero-order chi connectivity index (χ0) is 13.5. The Kier molecular flexibility index (Phi) is 5.09. The first-order valence-corrected chi connectivity index (χ1v) is 5.69. The predicted molar refractivity (Wildman–Crippen MR) is 63.4 cm³/mol. The van der Waals surface area contributed by atoms with Crippen LogP contribution in [0.2, 0.25) is 0 Å². The Morgan fingerprint density at radius 2 is 2.33 bits per heavy atom. The Balaban J connectivity index is 2.50. The standard InChI is InChI=1S/C10H16N4O4/c1-2-3-4-12(10(15)16)5-6-13-8-9(7-11-13)14(17)18/h7-8H,2-6H2,1H3,(H,15,16). The third kappa shape index (κ3) is 4.04. The molecular formula is C10H16N4O4. The van der Waals surface area contributed by atoms with Crippen LogP contribution in [0.5, 0.6) is 0 Å². The minimum atomic E-state index is -0.981. The summed E-state index contributed by atoms with van der Waals surface area (Å²) in [5, 5.41) is 23.2. The molecule has 1 amide bonds. The number of nitrogens with zero attached hydrogens (tertiary/aromatic N) is 4. The van der Waals surface area contributed by atoms with E-state index >= 15 is 0 Å². The number of amides is 1. The lowest BCUT2D eigenvalue weighted by Gasteiger charge is -2.18. The molecular weight excluding hydrogens is 240 g/mol. The first-order valence-electron chi connectivity index (χ1n) is 5.69. The predicted octanol–water partition coefficient (Wildman–Crippen LogP) is 1.57. The molecule has 0 aromatic carbocycles. The lowest BCUT2D eigenvalue weighted by atomic mass is 10.3. The minimum absolute atomic E-state index is 0.0922. The van der Waals surface area contributed by atoms with E-state index in [1.54, 1.807) is 0 Å². The number of carboxylic acid groups (broad SMARTS) is 1. The summed E-state index contributed by atoms with van der Waals surface area (Å²) in [6.07, 6.45) is 3.17. The molecule has 0 fully saturated rings. The highest BCUT2D eigenvalue weighted by atomic mass is 16.6. The van der Waals surface area contributed by atoms with Crippen molar-refractivity contribution >= 4 is 11.8 Å². The van der Waals surface area contributed by atoms with Gasteiger partial charge in [0.25, 0.3) is 0 Å². The number of nitro groups is 1. The molecule has 100 valence electrons. The van der Waals surface area contributed by atoms with Crippen molar-refractivity contribution in [2.45, 2.75) is 26.3 Å². The first kappa shape index (κ1) is 13.9. The van der Waals surface area contributed by atoms with Gasteiger partial charge in [-0.05, 0) is 6.42 Å². The number of hydrogen-bond acceptors (Lipinski definition) is 4. The fourth-order valence-corrected chi connectivity index (χ4v) is 1.44. The molecule has 1 aromatic rings. The second-order valence-corrected chi connectivity index (χ2v) is 3.84. The molecule has 1 rings (SSSR count). The molecule has 8 nitrogen and oxygen atoms in total. The van der Waals surface area contributed by atoms with Gasteiger partial charge >= 0.3 is 11.8 Å². The van der Waals surface area contributed by atoms with E-state index in [1.165, 1.54) is 15.8 Å². The zero-order valence-electron chi connectivity index (χ0n) is 10.2. The largest absolute Gasteiger partial charge is 0.465 e. The van der Waals surface area contributed by atoms with Gasteiger partial charge in [-0.25, -0.2) is 4.79 Å². The van der Waals surface area contributed by atoms with Gasteiger partial charge in [-0.3, -0.25) is 14.8 Å². The van der Waals surface area contributed by atoms with Crippen LogP contribution >= 0.6 is 0 Å². The lowest BCUT2D eigenvalue weighted by Crippen LogP contribution is -2.33. The number of aromatic nitrogens is 2. The summed E-state index contributed by atoms with van der Waals surface area (Å²) in [6, 6.07) is 0. The monoisotopic (exact) mass is 256 g/mol. The highest BCUT2D eigenvalue weighted by Gasteiger charge is 2.13. The maximum Gasteiger partial charge on any atom is 0.407 e. The quantitative estimate of drug-likeness (QED) is 0.589. The van der Waals surface area contributed by atoms with Gasteiger partial charge in [0.15, 0.2) is 0 Å². The van der Waals surface area contributed by atoms with Crippen LogP contribution < -0.4 is 0 Å². The van der Waals surface area contributed by atoms with Crippen LogP contribution in [0, 0.1) is 10.1 Å². The van der Waals surface area contributed by atoms with Crippen molar-refractivity contribution in [3.05, 3.63) is 22.5 Å². The Hall–Kier alpha value is -2.12. The van der Waals surface area contributed by atoms with Crippen LogP contribution in [-0.4, -0.2) is 43.9 Å². The summed E-state index contributed by atoms with van der Waals surface area (Å²) < 4.78 is 1.38. The van der Waals surface area contributed by atoms with Crippen molar-refractivity contribution in [2.24, 2.45) is 0 Å².